The summed E-state index contributed by atoms with van der Waals surface area (Å²) in [5.74, 6) is 1.34. The summed E-state index contributed by atoms with van der Waals surface area (Å²) in [4.78, 5) is 0. The molecule has 2 rings (SSSR count). The number of halogens is 2. The van der Waals surface area contributed by atoms with Crippen LogP contribution in [0.3, 0.4) is 0 Å². The summed E-state index contributed by atoms with van der Waals surface area (Å²) in [6.45, 7) is 2.26. The second-order valence-corrected chi connectivity index (χ2v) is 7.40. The summed E-state index contributed by atoms with van der Waals surface area (Å²) >= 11 is 9.65. The minimum absolute atomic E-state index is 0.253. The Morgan fingerprint density at radius 2 is 2.00 bits per heavy atom. The monoisotopic (exact) mass is 358 g/mol. The van der Waals surface area contributed by atoms with E-state index in [2.05, 4.69) is 22.9 Å². The fourth-order valence-electron chi connectivity index (χ4n) is 3.35. The van der Waals surface area contributed by atoms with Gasteiger partial charge in [0.25, 0.3) is 0 Å². The highest BCUT2D eigenvalue weighted by Gasteiger charge is 2.26. The van der Waals surface area contributed by atoms with E-state index >= 15 is 0 Å². The summed E-state index contributed by atoms with van der Waals surface area (Å²) in [7, 11) is 0. The molecule has 1 fully saturated rings. The van der Waals surface area contributed by atoms with Crippen molar-refractivity contribution in [1.29, 1.82) is 0 Å². The van der Waals surface area contributed by atoms with Crippen LogP contribution in [0.25, 0.3) is 0 Å². The Kier molecular flexibility index (Phi) is 6.38. The maximum Gasteiger partial charge on any atom is 0.0609 e. The standard InChI is InChI=1S/C17H24BrClO/c1-2-3-12-4-6-13(7-5-12)17(20)10-14-8-9-15(18)11-16(14)19/h8-9,11-13,17,20H,2-7,10H2,1H3. The third-order valence-corrected chi connectivity index (χ3v) is 5.42. The van der Waals surface area contributed by atoms with E-state index in [-0.39, 0.29) is 6.10 Å². The molecule has 0 amide bonds. The summed E-state index contributed by atoms with van der Waals surface area (Å²) in [6.07, 6.45) is 7.95. The van der Waals surface area contributed by atoms with Crippen molar-refractivity contribution in [3.8, 4) is 0 Å². The van der Waals surface area contributed by atoms with Crippen LogP contribution in [0.5, 0.6) is 0 Å². The van der Waals surface area contributed by atoms with Crippen LogP contribution in [-0.2, 0) is 6.42 Å². The van der Waals surface area contributed by atoms with Gasteiger partial charge in [-0.05, 0) is 42.4 Å². The highest BCUT2D eigenvalue weighted by Crippen LogP contribution is 2.34. The number of hydrogen-bond donors (Lipinski definition) is 1. The van der Waals surface area contributed by atoms with E-state index in [0.29, 0.717) is 12.3 Å². The second-order valence-electron chi connectivity index (χ2n) is 6.08. The average Bonchev–Trinajstić information content (AvgIpc) is 2.43. The molecule has 0 aliphatic heterocycles. The quantitative estimate of drug-likeness (QED) is 0.724. The molecular formula is C17H24BrClO. The number of benzene rings is 1. The van der Waals surface area contributed by atoms with Gasteiger partial charge >= 0.3 is 0 Å². The molecule has 1 nitrogen and oxygen atoms in total. The molecule has 1 aliphatic carbocycles. The molecule has 0 radical (unpaired) electrons. The summed E-state index contributed by atoms with van der Waals surface area (Å²) in [6, 6.07) is 5.91. The molecule has 0 bridgehead atoms. The number of hydrogen-bond acceptors (Lipinski definition) is 1. The Bertz CT molecular complexity index is 427. The lowest BCUT2D eigenvalue weighted by atomic mass is 9.77. The van der Waals surface area contributed by atoms with E-state index in [9.17, 15) is 5.11 Å². The minimum atomic E-state index is -0.253. The first-order valence-electron chi connectivity index (χ1n) is 7.72. The molecule has 1 aromatic carbocycles. The van der Waals surface area contributed by atoms with Crippen LogP contribution in [0.15, 0.2) is 22.7 Å². The van der Waals surface area contributed by atoms with Crippen molar-refractivity contribution in [2.45, 2.75) is 58.0 Å². The molecule has 1 atom stereocenters. The molecule has 1 N–H and O–H groups in total. The van der Waals surface area contributed by atoms with Crippen molar-refractivity contribution in [2.24, 2.45) is 11.8 Å². The topological polar surface area (TPSA) is 20.2 Å². The molecule has 112 valence electrons. The van der Waals surface area contributed by atoms with E-state index in [0.717, 1.165) is 21.0 Å². The number of rotatable bonds is 5. The van der Waals surface area contributed by atoms with E-state index in [1.54, 1.807) is 0 Å². The Labute approximate surface area is 135 Å². The maximum absolute atomic E-state index is 10.5. The Morgan fingerprint density at radius 1 is 1.30 bits per heavy atom. The maximum atomic E-state index is 10.5. The Hall–Kier alpha value is -0.0500. The Morgan fingerprint density at radius 3 is 2.60 bits per heavy atom. The van der Waals surface area contributed by atoms with Crippen LogP contribution in [0, 0.1) is 11.8 Å². The zero-order valence-corrected chi connectivity index (χ0v) is 14.5. The molecule has 1 aromatic rings. The van der Waals surface area contributed by atoms with Crippen LogP contribution in [0.2, 0.25) is 5.02 Å². The van der Waals surface area contributed by atoms with Crippen molar-refractivity contribution in [2.75, 3.05) is 0 Å². The fourth-order valence-corrected chi connectivity index (χ4v) is 4.10. The van der Waals surface area contributed by atoms with Crippen LogP contribution < -0.4 is 0 Å². The zero-order chi connectivity index (χ0) is 14.5. The summed E-state index contributed by atoms with van der Waals surface area (Å²) < 4.78 is 0.987. The van der Waals surface area contributed by atoms with Gasteiger partial charge in [0.15, 0.2) is 0 Å². The van der Waals surface area contributed by atoms with Gasteiger partial charge in [0, 0.05) is 15.9 Å². The third kappa shape index (κ3) is 4.47. The fraction of sp³-hybridized carbons (Fsp3) is 0.647. The predicted octanol–water partition coefficient (Wildman–Crippen LogP) is 5.61. The first-order chi connectivity index (χ1) is 9.60. The van der Waals surface area contributed by atoms with Gasteiger partial charge in [0.1, 0.15) is 0 Å². The van der Waals surface area contributed by atoms with Crippen molar-refractivity contribution >= 4 is 27.5 Å². The lowest BCUT2D eigenvalue weighted by Gasteiger charge is -2.31. The molecule has 0 aromatic heterocycles. The normalized spacial score (nSPS) is 24.6. The van der Waals surface area contributed by atoms with Crippen molar-refractivity contribution in [3.63, 3.8) is 0 Å². The smallest absolute Gasteiger partial charge is 0.0609 e. The van der Waals surface area contributed by atoms with Gasteiger partial charge in [-0.3, -0.25) is 0 Å². The van der Waals surface area contributed by atoms with Gasteiger partial charge in [-0.15, -0.1) is 0 Å². The summed E-state index contributed by atoms with van der Waals surface area (Å²) in [5, 5.41) is 11.2. The lowest BCUT2D eigenvalue weighted by molar-refractivity contribution is 0.0728. The predicted molar refractivity (Wildman–Crippen MR) is 89.2 cm³/mol. The lowest BCUT2D eigenvalue weighted by Crippen LogP contribution is -2.27. The molecule has 1 saturated carbocycles. The molecule has 0 saturated heterocycles. The highest BCUT2D eigenvalue weighted by molar-refractivity contribution is 9.10. The largest absolute Gasteiger partial charge is 0.392 e. The van der Waals surface area contributed by atoms with Gasteiger partial charge < -0.3 is 5.11 Å². The minimum Gasteiger partial charge on any atom is -0.392 e. The van der Waals surface area contributed by atoms with Gasteiger partial charge in [-0.2, -0.15) is 0 Å². The van der Waals surface area contributed by atoms with Crippen molar-refractivity contribution in [1.82, 2.24) is 0 Å². The molecule has 0 heterocycles. The average molecular weight is 360 g/mol. The van der Waals surface area contributed by atoms with E-state index in [4.69, 9.17) is 11.6 Å². The van der Waals surface area contributed by atoms with Gasteiger partial charge in [0.2, 0.25) is 0 Å². The number of aliphatic hydroxyl groups is 1. The van der Waals surface area contributed by atoms with Gasteiger partial charge in [-0.25, -0.2) is 0 Å². The second kappa shape index (κ2) is 7.82. The molecule has 1 unspecified atom stereocenters. The van der Waals surface area contributed by atoms with Crippen molar-refractivity contribution < 1.29 is 5.11 Å². The Balaban J connectivity index is 1.87. The van der Waals surface area contributed by atoms with Crippen LogP contribution in [0.1, 0.15) is 51.0 Å². The summed E-state index contributed by atoms with van der Waals surface area (Å²) in [5.41, 5.74) is 1.05. The third-order valence-electron chi connectivity index (χ3n) is 4.58. The SMILES string of the molecule is CCCC1CCC(C(O)Cc2ccc(Br)cc2Cl)CC1. The van der Waals surface area contributed by atoms with Crippen LogP contribution in [0.4, 0.5) is 0 Å². The molecule has 1 aliphatic rings. The number of aliphatic hydroxyl groups excluding tert-OH is 1. The van der Waals surface area contributed by atoms with Gasteiger partial charge in [0.05, 0.1) is 6.10 Å². The van der Waals surface area contributed by atoms with Crippen LogP contribution in [-0.4, -0.2) is 11.2 Å². The van der Waals surface area contributed by atoms with E-state index in [1.807, 2.05) is 18.2 Å². The molecular weight excluding hydrogens is 336 g/mol. The van der Waals surface area contributed by atoms with Gasteiger partial charge in [-0.1, -0.05) is 66.2 Å². The first-order valence-corrected chi connectivity index (χ1v) is 8.89. The van der Waals surface area contributed by atoms with Crippen molar-refractivity contribution in [3.05, 3.63) is 33.3 Å². The van der Waals surface area contributed by atoms with E-state index in [1.165, 1.54) is 38.5 Å². The highest BCUT2D eigenvalue weighted by atomic mass is 79.9. The first kappa shape index (κ1) is 16.3. The zero-order valence-electron chi connectivity index (χ0n) is 12.1. The van der Waals surface area contributed by atoms with E-state index < -0.39 is 0 Å². The van der Waals surface area contributed by atoms with Crippen LogP contribution >= 0.6 is 27.5 Å². The molecule has 3 heteroatoms. The molecule has 20 heavy (non-hydrogen) atoms. The molecule has 0 spiro atoms.